The molecule has 0 aliphatic carbocycles. The highest BCUT2D eigenvalue weighted by atomic mass is 35.5. The summed E-state index contributed by atoms with van der Waals surface area (Å²) in [6.07, 6.45) is 2.17. The fraction of sp³-hybridized carbons (Fsp3) is 0.133. The number of hydrogen-bond acceptors (Lipinski definition) is 5. The van der Waals surface area contributed by atoms with E-state index in [-0.39, 0.29) is 10.9 Å². The zero-order valence-electron chi connectivity index (χ0n) is 12.1. The number of carbonyl (C=O) groups excluding carboxylic acids is 1. The van der Waals surface area contributed by atoms with Crippen molar-refractivity contribution < 1.29 is 14.4 Å². The minimum atomic E-state index is -0.928. The second-order valence-electron chi connectivity index (χ2n) is 4.46. The van der Waals surface area contributed by atoms with Crippen LogP contribution in [0.25, 0.3) is 0 Å². The second-order valence-corrected chi connectivity index (χ2v) is 5.30. The maximum Gasteiger partial charge on any atom is 0.374 e. The van der Waals surface area contributed by atoms with Gasteiger partial charge in [0, 0.05) is 23.0 Å². The number of ether oxygens (including phenoxy) is 1. The fourth-order valence-electron chi connectivity index (χ4n) is 1.55. The lowest BCUT2D eigenvalue weighted by atomic mass is 10.2. The fourth-order valence-corrected chi connectivity index (χ4v) is 2.01. The summed E-state index contributed by atoms with van der Waals surface area (Å²) in [5.41, 5.74) is 6.29. The molecule has 1 aromatic heterocycles. The molecular weight excluding hydrogens is 341 g/mol. The van der Waals surface area contributed by atoms with E-state index < -0.39 is 12.1 Å². The third kappa shape index (κ3) is 4.84. The minimum absolute atomic E-state index is 0.0532. The molecular formula is C15H13Cl2N3O3. The molecule has 0 aliphatic rings. The van der Waals surface area contributed by atoms with Crippen LogP contribution < -0.4 is 10.5 Å². The van der Waals surface area contributed by atoms with Gasteiger partial charge in [0.2, 0.25) is 0 Å². The third-order valence-electron chi connectivity index (χ3n) is 2.74. The summed E-state index contributed by atoms with van der Waals surface area (Å²) in [6.45, 7) is 1.51. The van der Waals surface area contributed by atoms with Crippen molar-refractivity contribution in [2.24, 2.45) is 10.9 Å². The Kier molecular flexibility index (Phi) is 5.78. The van der Waals surface area contributed by atoms with Gasteiger partial charge in [-0.2, -0.15) is 0 Å². The van der Waals surface area contributed by atoms with Crippen LogP contribution in [0, 0.1) is 0 Å². The molecule has 2 rings (SSSR count). The molecule has 0 saturated carbocycles. The highest BCUT2D eigenvalue weighted by Gasteiger charge is 2.18. The van der Waals surface area contributed by atoms with Crippen LogP contribution in [0.4, 0.5) is 0 Å². The van der Waals surface area contributed by atoms with Crippen molar-refractivity contribution in [3.8, 4) is 5.75 Å². The number of nitrogens with two attached hydrogens (primary N) is 1. The average Bonchev–Trinajstić information content (AvgIpc) is 2.55. The maximum absolute atomic E-state index is 11.9. The van der Waals surface area contributed by atoms with E-state index in [0.717, 1.165) is 0 Å². The van der Waals surface area contributed by atoms with Gasteiger partial charge in [0.05, 0.1) is 5.02 Å². The Morgan fingerprint density at radius 2 is 1.96 bits per heavy atom. The zero-order chi connectivity index (χ0) is 16.8. The lowest BCUT2D eigenvalue weighted by Crippen LogP contribution is -2.26. The van der Waals surface area contributed by atoms with Crippen molar-refractivity contribution in [2.45, 2.75) is 13.0 Å². The number of oxime groups is 1. The minimum Gasteiger partial charge on any atom is -0.477 e. The monoisotopic (exact) mass is 353 g/mol. The van der Waals surface area contributed by atoms with Gasteiger partial charge >= 0.3 is 5.97 Å². The molecule has 2 N–H and O–H groups in total. The van der Waals surface area contributed by atoms with Crippen LogP contribution in [0.2, 0.25) is 10.0 Å². The van der Waals surface area contributed by atoms with Gasteiger partial charge in [0.1, 0.15) is 5.75 Å². The first-order chi connectivity index (χ1) is 11.0. The van der Waals surface area contributed by atoms with Gasteiger partial charge < -0.3 is 15.3 Å². The number of rotatable bonds is 5. The van der Waals surface area contributed by atoms with Crippen molar-refractivity contribution in [1.29, 1.82) is 0 Å². The van der Waals surface area contributed by atoms with E-state index in [4.69, 9.17) is 38.5 Å². The third-order valence-corrected chi connectivity index (χ3v) is 3.27. The van der Waals surface area contributed by atoms with Crippen LogP contribution in [0.15, 0.2) is 47.9 Å². The van der Waals surface area contributed by atoms with Crippen LogP contribution in [-0.4, -0.2) is 22.9 Å². The predicted molar refractivity (Wildman–Crippen MR) is 87.6 cm³/mol. The predicted octanol–water partition coefficient (Wildman–Crippen LogP) is 3.02. The summed E-state index contributed by atoms with van der Waals surface area (Å²) in [4.78, 5) is 20.5. The summed E-state index contributed by atoms with van der Waals surface area (Å²) < 4.78 is 5.41. The first-order valence-electron chi connectivity index (χ1n) is 6.54. The molecule has 0 amide bonds. The van der Waals surface area contributed by atoms with Crippen molar-refractivity contribution in [3.63, 3.8) is 0 Å². The number of benzene rings is 1. The topological polar surface area (TPSA) is 86.8 Å². The number of pyridine rings is 1. The average molecular weight is 354 g/mol. The van der Waals surface area contributed by atoms with Crippen molar-refractivity contribution in [1.82, 2.24) is 4.98 Å². The molecule has 0 saturated heterocycles. The number of halogens is 2. The molecule has 0 unspecified atom stereocenters. The molecule has 1 aromatic carbocycles. The number of aromatic nitrogens is 1. The zero-order valence-corrected chi connectivity index (χ0v) is 13.6. The van der Waals surface area contributed by atoms with E-state index in [9.17, 15) is 4.79 Å². The normalized spacial score (nSPS) is 12.6. The standard InChI is InChI=1S/C15H13Cl2N3O3/c1-9(22-13-3-2-11(16)8-12(13)17)15(21)23-20-14(18)10-4-6-19-7-5-10/h2-9H,1H3,(H2,18,20)/t9-/m1/s1. The SMILES string of the molecule is C[C@@H](Oc1ccc(Cl)cc1Cl)C(=O)O/N=C(/N)c1ccncc1. The quantitative estimate of drug-likeness (QED) is 0.386. The lowest BCUT2D eigenvalue weighted by molar-refractivity contribution is -0.151. The van der Waals surface area contributed by atoms with Crippen molar-refractivity contribution >= 4 is 35.0 Å². The summed E-state index contributed by atoms with van der Waals surface area (Å²) in [6, 6.07) is 7.94. The van der Waals surface area contributed by atoms with E-state index in [1.807, 2.05) is 0 Å². The van der Waals surface area contributed by atoms with Crippen LogP contribution in [-0.2, 0) is 9.63 Å². The Labute approximate surface area is 142 Å². The highest BCUT2D eigenvalue weighted by molar-refractivity contribution is 6.35. The van der Waals surface area contributed by atoms with Gasteiger partial charge in [0.25, 0.3) is 0 Å². The molecule has 0 bridgehead atoms. The summed E-state index contributed by atoms with van der Waals surface area (Å²) >= 11 is 11.8. The van der Waals surface area contributed by atoms with Gasteiger partial charge in [-0.3, -0.25) is 4.98 Å². The largest absolute Gasteiger partial charge is 0.477 e. The smallest absolute Gasteiger partial charge is 0.374 e. The summed E-state index contributed by atoms with van der Waals surface area (Å²) in [7, 11) is 0. The van der Waals surface area contributed by atoms with Crippen LogP contribution >= 0.6 is 23.2 Å². The molecule has 0 spiro atoms. The van der Waals surface area contributed by atoms with Gasteiger partial charge in [0.15, 0.2) is 11.9 Å². The Balaban J connectivity index is 1.97. The van der Waals surface area contributed by atoms with Gasteiger partial charge in [-0.25, -0.2) is 4.79 Å². The Hall–Kier alpha value is -2.31. The van der Waals surface area contributed by atoms with Crippen molar-refractivity contribution in [3.05, 3.63) is 58.3 Å². The van der Waals surface area contributed by atoms with Crippen molar-refractivity contribution in [2.75, 3.05) is 0 Å². The maximum atomic E-state index is 11.9. The highest BCUT2D eigenvalue weighted by Crippen LogP contribution is 2.28. The lowest BCUT2D eigenvalue weighted by Gasteiger charge is -2.13. The van der Waals surface area contributed by atoms with Gasteiger partial charge in [-0.05, 0) is 37.3 Å². The molecule has 8 heteroatoms. The van der Waals surface area contributed by atoms with E-state index in [2.05, 4.69) is 10.1 Å². The number of carbonyl (C=O) groups is 1. The molecule has 1 heterocycles. The van der Waals surface area contributed by atoms with E-state index in [1.165, 1.54) is 13.0 Å². The molecule has 0 aliphatic heterocycles. The molecule has 6 nitrogen and oxygen atoms in total. The number of hydrogen-bond donors (Lipinski definition) is 1. The molecule has 1 atom stereocenters. The second kappa shape index (κ2) is 7.80. The molecule has 0 fully saturated rings. The Morgan fingerprint density at radius 1 is 1.26 bits per heavy atom. The molecule has 0 radical (unpaired) electrons. The van der Waals surface area contributed by atoms with Gasteiger partial charge in [-0.1, -0.05) is 28.4 Å². The van der Waals surface area contributed by atoms with Crippen LogP contribution in [0.1, 0.15) is 12.5 Å². The molecule has 23 heavy (non-hydrogen) atoms. The molecule has 2 aromatic rings. The number of amidine groups is 1. The first-order valence-corrected chi connectivity index (χ1v) is 7.29. The Morgan fingerprint density at radius 3 is 2.61 bits per heavy atom. The van der Waals surface area contributed by atoms with E-state index in [0.29, 0.717) is 16.3 Å². The first kappa shape index (κ1) is 17.1. The van der Waals surface area contributed by atoms with Crippen LogP contribution in [0.3, 0.4) is 0 Å². The van der Waals surface area contributed by atoms with E-state index in [1.54, 1.807) is 36.7 Å². The van der Waals surface area contributed by atoms with E-state index >= 15 is 0 Å². The summed E-state index contributed by atoms with van der Waals surface area (Å²) in [5.74, 6) is -0.350. The Bertz CT molecular complexity index is 723. The van der Waals surface area contributed by atoms with Crippen LogP contribution in [0.5, 0.6) is 5.75 Å². The molecule has 120 valence electrons. The number of nitrogens with zero attached hydrogens (tertiary/aromatic N) is 2. The summed E-state index contributed by atoms with van der Waals surface area (Å²) in [5, 5.41) is 4.33. The van der Waals surface area contributed by atoms with Gasteiger partial charge in [-0.15, -0.1) is 0 Å².